The summed E-state index contributed by atoms with van der Waals surface area (Å²) in [5.74, 6) is 0.956. The molecule has 0 atom stereocenters. The molecule has 1 aliphatic heterocycles. The molecule has 0 bridgehead atoms. The Morgan fingerprint density at radius 1 is 1.19 bits per heavy atom. The Bertz CT molecular complexity index is 870. The second kappa shape index (κ2) is 8.17. The van der Waals surface area contributed by atoms with Gasteiger partial charge in [-0.25, -0.2) is 4.68 Å². The van der Waals surface area contributed by atoms with Gasteiger partial charge in [0.2, 0.25) is 5.16 Å². The molecule has 10 heteroatoms. The minimum absolute atomic E-state index is 0.211. The van der Waals surface area contributed by atoms with Gasteiger partial charge in [0.25, 0.3) is 10.0 Å². The van der Waals surface area contributed by atoms with E-state index >= 15 is 0 Å². The third-order valence-electron chi connectivity index (χ3n) is 4.18. The van der Waals surface area contributed by atoms with Gasteiger partial charge >= 0.3 is 0 Å². The molecule has 26 heavy (non-hydrogen) atoms. The summed E-state index contributed by atoms with van der Waals surface area (Å²) >= 11 is 1.38. The summed E-state index contributed by atoms with van der Waals surface area (Å²) in [6, 6.07) is 6.76. The molecule has 2 heterocycles. The lowest BCUT2D eigenvalue weighted by molar-refractivity contribution is 0.341. The van der Waals surface area contributed by atoms with Crippen molar-refractivity contribution in [3.8, 4) is 0 Å². The monoisotopic (exact) mass is 394 g/mol. The number of nitrogens with zero attached hydrogens (tertiary/aromatic N) is 6. The van der Waals surface area contributed by atoms with Crippen molar-refractivity contribution in [3.63, 3.8) is 0 Å². The lowest BCUT2D eigenvalue weighted by Crippen LogP contribution is -2.37. The number of sulfonamides is 1. The van der Waals surface area contributed by atoms with Crippen molar-refractivity contribution in [2.75, 3.05) is 18.8 Å². The van der Waals surface area contributed by atoms with Crippen LogP contribution in [0.4, 0.5) is 0 Å². The maximum atomic E-state index is 12.8. The zero-order valence-corrected chi connectivity index (χ0v) is 16.5. The molecule has 1 saturated heterocycles. The average Bonchev–Trinajstić information content (AvgIpc) is 3.04. The van der Waals surface area contributed by atoms with E-state index in [1.54, 1.807) is 36.0 Å². The van der Waals surface area contributed by atoms with Gasteiger partial charge in [-0.15, -0.1) is 9.50 Å². The number of tetrazole rings is 1. The van der Waals surface area contributed by atoms with Crippen LogP contribution in [0.1, 0.15) is 24.8 Å². The van der Waals surface area contributed by atoms with Gasteiger partial charge in [0.05, 0.1) is 10.6 Å². The predicted molar refractivity (Wildman–Crippen MR) is 101 cm³/mol. The molecule has 1 fully saturated rings. The van der Waals surface area contributed by atoms with E-state index in [0.717, 1.165) is 37.9 Å². The SMILES string of the molecule is Cc1ccc(S(=O)(=O)N=C(CSc2nnnn2C)N2CCCCC2)cc1. The van der Waals surface area contributed by atoms with Gasteiger partial charge in [-0.3, -0.25) is 0 Å². The molecule has 1 aliphatic rings. The van der Waals surface area contributed by atoms with Crippen molar-refractivity contribution in [2.45, 2.75) is 36.2 Å². The minimum Gasteiger partial charge on any atom is -0.359 e. The normalized spacial score (nSPS) is 16.1. The van der Waals surface area contributed by atoms with E-state index in [9.17, 15) is 8.42 Å². The Hall–Kier alpha value is -1.94. The largest absolute Gasteiger partial charge is 0.359 e. The molecular weight excluding hydrogens is 372 g/mol. The summed E-state index contributed by atoms with van der Waals surface area (Å²) in [7, 11) is -2.00. The molecule has 0 amide bonds. The van der Waals surface area contributed by atoms with Crippen LogP contribution in [-0.4, -0.2) is 58.2 Å². The molecule has 0 spiro atoms. The fourth-order valence-electron chi connectivity index (χ4n) is 2.70. The van der Waals surface area contributed by atoms with Gasteiger partial charge in [-0.05, 0) is 48.7 Å². The summed E-state index contributed by atoms with van der Waals surface area (Å²) in [5.41, 5.74) is 1.01. The smallest absolute Gasteiger partial charge is 0.283 e. The number of rotatable bonds is 5. The predicted octanol–water partition coefficient (Wildman–Crippen LogP) is 1.88. The first kappa shape index (κ1) is 18.8. The molecule has 0 saturated carbocycles. The molecule has 0 radical (unpaired) electrons. The zero-order chi connectivity index (χ0) is 18.6. The molecule has 8 nitrogen and oxygen atoms in total. The average molecular weight is 395 g/mol. The summed E-state index contributed by atoms with van der Waals surface area (Å²) in [6.45, 7) is 3.56. The zero-order valence-electron chi connectivity index (χ0n) is 14.9. The standard InChI is InChI=1S/C16H22N6O2S2/c1-13-6-8-14(9-7-13)26(23,24)18-15(22-10-4-3-5-11-22)12-25-16-17-19-20-21(16)2/h6-9H,3-5,10-12H2,1-2H3. The summed E-state index contributed by atoms with van der Waals surface area (Å²) < 4.78 is 31.3. The molecule has 2 aromatic rings. The van der Waals surface area contributed by atoms with Crippen LogP contribution in [0.5, 0.6) is 0 Å². The van der Waals surface area contributed by atoms with Crippen LogP contribution in [0.15, 0.2) is 38.7 Å². The quantitative estimate of drug-likeness (QED) is 0.434. The number of hydrogen-bond acceptors (Lipinski definition) is 6. The van der Waals surface area contributed by atoms with Gasteiger partial charge in [-0.1, -0.05) is 29.5 Å². The van der Waals surface area contributed by atoms with Crippen molar-refractivity contribution in [1.82, 2.24) is 25.1 Å². The highest BCUT2D eigenvalue weighted by Gasteiger charge is 2.21. The van der Waals surface area contributed by atoms with Crippen LogP contribution in [0.25, 0.3) is 0 Å². The highest BCUT2D eigenvalue weighted by molar-refractivity contribution is 7.99. The lowest BCUT2D eigenvalue weighted by atomic mass is 10.1. The molecule has 0 unspecified atom stereocenters. The summed E-state index contributed by atoms with van der Waals surface area (Å²) in [4.78, 5) is 2.27. The molecule has 1 aromatic heterocycles. The topological polar surface area (TPSA) is 93.3 Å². The molecule has 3 rings (SSSR count). The van der Waals surface area contributed by atoms with Crippen molar-refractivity contribution in [3.05, 3.63) is 29.8 Å². The lowest BCUT2D eigenvalue weighted by Gasteiger charge is -2.29. The number of aryl methyl sites for hydroxylation is 2. The Morgan fingerprint density at radius 2 is 1.88 bits per heavy atom. The van der Waals surface area contributed by atoms with Crippen LogP contribution in [0, 0.1) is 6.92 Å². The first-order valence-electron chi connectivity index (χ1n) is 8.46. The van der Waals surface area contributed by atoms with Crippen molar-refractivity contribution in [2.24, 2.45) is 11.4 Å². The molecule has 1 aromatic carbocycles. The molecule has 140 valence electrons. The highest BCUT2D eigenvalue weighted by atomic mass is 32.2. The third-order valence-corrected chi connectivity index (χ3v) is 6.50. The Kier molecular flexibility index (Phi) is 5.92. The van der Waals surface area contributed by atoms with Gasteiger partial charge in [0.1, 0.15) is 5.84 Å². The number of piperidine rings is 1. The molecule has 0 aliphatic carbocycles. The van der Waals surface area contributed by atoms with Crippen LogP contribution in [0.2, 0.25) is 0 Å². The van der Waals surface area contributed by atoms with Gasteiger partial charge in [0, 0.05) is 20.1 Å². The second-order valence-electron chi connectivity index (χ2n) is 6.22. The Morgan fingerprint density at radius 3 is 2.50 bits per heavy atom. The molecular formula is C16H22N6O2S2. The van der Waals surface area contributed by atoms with E-state index in [4.69, 9.17) is 0 Å². The van der Waals surface area contributed by atoms with Crippen LogP contribution in [-0.2, 0) is 17.1 Å². The number of thioether (sulfide) groups is 1. The fraction of sp³-hybridized carbons (Fsp3) is 0.500. The minimum atomic E-state index is -3.75. The number of likely N-dealkylation sites (tertiary alicyclic amines) is 1. The van der Waals surface area contributed by atoms with Crippen LogP contribution in [0.3, 0.4) is 0 Å². The van der Waals surface area contributed by atoms with Crippen LogP contribution < -0.4 is 0 Å². The van der Waals surface area contributed by atoms with E-state index in [2.05, 4.69) is 24.8 Å². The van der Waals surface area contributed by atoms with Gasteiger partial charge in [-0.2, -0.15) is 8.42 Å². The maximum absolute atomic E-state index is 12.8. The Labute approximate surface area is 157 Å². The number of amidine groups is 1. The first-order valence-corrected chi connectivity index (χ1v) is 10.9. The van der Waals surface area contributed by atoms with Crippen LogP contribution >= 0.6 is 11.8 Å². The summed E-state index contributed by atoms with van der Waals surface area (Å²) in [5, 5.41) is 12.0. The van der Waals surface area contributed by atoms with E-state index in [1.807, 2.05) is 6.92 Å². The fourth-order valence-corrected chi connectivity index (χ4v) is 4.65. The van der Waals surface area contributed by atoms with E-state index in [0.29, 0.717) is 16.7 Å². The summed E-state index contributed by atoms with van der Waals surface area (Å²) in [6.07, 6.45) is 3.24. The maximum Gasteiger partial charge on any atom is 0.283 e. The Balaban J connectivity index is 1.86. The van der Waals surface area contributed by atoms with E-state index in [1.165, 1.54) is 11.8 Å². The van der Waals surface area contributed by atoms with Crippen molar-refractivity contribution in [1.29, 1.82) is 0 Å². The van der Waals surface area contributed by atoms with Crippen molar-refractivity contribution >= 4 is 27.6 Å². The van der Waals surface area contributed by atoms with E-state index < -0.39 is 10.0 Å². The van der Waals surface area contributed by atoms with Crippen molar-refractivity contribution < 1.29 is 8.42 Å². The number of benzene rings is 1. The van der Waals surface area contributed by atoms with Gasteiger partial charge in [0.15, 0.2) is 0 Å². The highest BCUT2D eigenvalue weighted by Crippen LogP contribution is 2.20. The number of hydrogen-bond donors (Lipinski definition) is 0. The first-order chi connectivity index (χ1) is 12.5. The van der Waals surface area contributed by atoms with Gasteiger partial charge < -0.3 is 4.90 Å². The molecule has 0 N–H and O–H groups in total. The van der Waals surface area contributed by atoms with E-state index in [-0.39, 0.29) is 4.90 Å². The number of aromatic nitrogens is 4. The third kappa shape index (κ3) is 4.61. The second-order valence-corrected chi connectivity index (χ2v) is 8.76.